The monoisotopic (exact) mass is 211 g/mol. The first-order valence-corrected chi connectivity index (χ1v) is 5.59. The van der Waals surface area contributed by atoms with Crippen LogP contribution in [0.15, 0.2) is 0 Å². The second-order valence-electron chi connectivity index (χ2n) is 4.75. The number of carbonyl (C=O) groups excluding carboxylic acids is 1. The zero-order valence-electron chi connectivity index (χ0n) is 8.90. The average Bonchev–Trinajstić information content (AvgIpc) is 2.61. The van der Waals surface area contributed by atoms with Crippen LogP contribution in [0, 0.1) is 17.8 Å². The molecule has 4 heteroatoms. The predicted molar refractivity (Wildman–Crippen MR) is 54.2 cm³/mol. The van der Waals surface area contributed by atoms with Gasteiger partial charge in [-0.15, -0.1) is 0 Å². The van der Waals surface area contributed by atoms with Crippen LogP contribution in [-0.2, 0) is 9.59 Å². The third kappa shape index (κ3) is 2.13. The van der Waals surface area contributed by atoms with Crippen LogP contribution >= 0.6 is 0 Å². The summed E-state index contributed by atoms with van der Waals surface area (Å²) < 4.78 is 0. The number of carboxylic acids is 1. The molecule has 0 aromatic carbocycles. The Morgan fingerprint density at radius 3 is 2.47 bits per heavy atom. The number of hydrogen-bond acceptors (Lipinski definition) is 2. The fourth-order valence-corrected chi connectivity index (χ4v) is 3.06. The van der Waals surface area contributed by atoms with Gasteiger partial charge >= 0.3 is 5.97 Å². The Morgan fingerprint density at radius 2 is 2.00 bits per heavy atom. The van der Waals surface area contributed by atoms with Crippen molar-refractivity contribution in [1.29, 1.82) is 0 Å². The van der Waals surface area contributed by atoms with Gasteiger partial charge < -0.3 is 10.4 Å². The molecular formula is C11H17NO3. The van der Waals surface area contributed by atoms with Crippen LogP contribution in [0.4, 0.5) is 0 Å². The minimum absolute atomic E-state index is 0.256. The summed E-state index contributed by atoms with van der Waals surface area (Å²) in [5, 5.41) is 11.4. The summed E-state index contributed by atoms with van der Waals surface area (Å²) in [6.07, 6.45) is 4.41. The fourth-order valence-electron chi connectivity index (χ4n) is 3.06. The van der Waals surface area contributed by atoms with Crippen molar-refractivity contribution in [3.05, 3.63) is 0 Å². The lowest BCUT2D eigenvalue weighted by Crippen LogP contribution is -2.40. The number of carboxylic acid groups (broad SMARTS) is 1. The highest BCUT2D eigenvalue weighted by atomic mass is 16.4. The zero-order valence-corrected chi connectivity index (χ0v) is 8.90. The minimum Gasteiger partial charge on any atom is -0.480 e. The van der Waals surface area contributed by atoms with E-state index in [2.05, 4.69) is 5.32 Å². The van der Waals surface area contributed by atoms with Gasteiger partial charge in [0.1, 0.15) is 6.04 Å². The molecule has 2 fully saturated rings. The first kappa shape index (κ1) is 10.5. The van der Waals surface area contributed by atoms with Crippen molar-refractivity contribution in [2.75, 3.05) is 0 Å². The quantitative estimate of drug-likeness (QED) is 0.729. The molecule has 0 saturated heterocycles. The second kappa shape index (κ2) is 3.83. The maximum absolute atomic E-state index is 10.9. The fraction of sp³-hybridized carbons (Fsp3) is 0.818. The van der Waals surface area contributed by atoms with E-state index in [9.17, 15) is 9.59 Å². The second-order valence-corrected chi connectivity index (χ2v) is 4.75. The maximum Gasteiger partial charge on any atom is 0.326 e. The lowest BCUT2D eigenvalue weighted by Gasteiger charge is -2.13. The highest BCUT2D eigenvalue weighted by molar-refractivity contribution is 5.82. The summed E-state index contributed by atoms with van der Waals surface area (Å²) in [4.78, 5) is 21.7. The standard InChI is InChI=1S/C11H17NO3/c1-6(13)12-10(11(14)15)5-9-7-3-2-4-8(7)9/h7-10H,2-5H2,1H3,(H,12,13)(H,14,15)/t7-,8+,9-,10?. The molecule has 0 aliphatic heterocycles. The molecule has 0 aromatic rings. The molecule has 0 radical (unpaired) electrons. The van der Waals surface area contributed by atoms with Gasteiger partial charge in [-0.2, -0.15) is 0 Å². The van der Waals surface area contributed by atoms with Gasteiger partial charge in [-0.3, -0.25) is 4.79 Å². The predicted octanol–water partition coefficient (Wildman–Crippen LogP) is 1.01. The van der Waals surface area contributed by atoms with E-state index in [1.165, 1.54) is 26.2 Å². The van der Waals surface area contributed by atoms with Crippen molar-refractivity contribution in [2.45, 2.75) is 38.6 Å². The molecule has 0 spiro atoms. The Morgan fingerprint density at radius 1 is 1.40 bits per heavy atom. The van der Waals surface area contributed by atoms with Crippen LogP contribution in [0.1, 0.15) is 32.6 Å². The number of aliphatic carboxylic acids is 1. The number of hydrogen-bond donors (Lipinski definition) is 2. The molecule has 4 nitrogen and oxygen atoms in total. The molecule has 2 N–H and O–H groups in total. The molecule has 84 valence electrons. The molecule has 0 bridgehead atoms. The van der Waals surface area contributed by atoms with Crippen LogP contribution in [-0.4, -0.2) is 23.0 Å². The lowest BCUT2D eigenvalue weighted by molar-refractivity contribution is -0.141. The van der Waals surface area contributed by atoms with Crippen molar-refractivity contribution in [3.8, 4) is 0 Å². The number of fused-ring (bicyclic) bond motifs is 1. The third-order valence-corrected chi connectivity index (χ3v) is 3.77. The van der Waals surface area contributed by atoms with Crippen molar-refractivity contribution >= 4 is 11.9 Å². The van der Waals surface area contributed by atoms with E-state index in [1.54, 1.807) is 0 Å². The van der Waals surface area contributed by atoms with Crippen molar-refractivity contribution < 1.29 is 14.7 Å². The highest BCUT2D eigenvalue weighted by Gasteiger charge is 2.53. The van der Waals surface area contributed by atoms with E-state index in [1.807, 2.05) is 0 Å². The molecule has 1 unspecified atom stereocenters. The molecule has 0 aromatic heterocycles. The van der Waals surface area contributed by atoms with E-state index in [-0.39, 0.29) is 5.91 Å². The largest absolute Gasteiger partial charge is 0.480 e. The van der Waals surface area contributed by atoms with Crippen LogP contribution in [0.5, 0.6) is 0 Å². The van der Waals surface area contributed by atoms with Crippen molar-refractivity contribution in [1.82, 2.24) is 5.32 Å². The Balaban J connectivity index is 1.85. The van der Waals surface area contributed by atoms with Gasteiger partial charge in [0, 0.05) is 6.92 Å². The molecule has 0 heterocycles. The van der Waals surface area contributed by atoms with Gasteiger partial charge in [-0.25, -0.2) is 4.79 Å². The van der Waals surface area contributed by atoms with Gasteiger partial charge in [-0.1, -0.05) is 6.42 Å². The van der Waals surface area contributed by atoms with Gasteiger partial charge in [0.25, 0.3) is 0 Å². The molecule has 2 aliphatic rings. The first-order valence-electron chi connectivity index (χ1n) is 5.59. The SMILES string of the molecule is CC(=O)NC(C[C@@H]1[C@@H]2CCC[C@@H]21)C(=O)O. The zero-order chi connectivity index (χ0) is 11.0. The van der Waals surface area contributed by atoms with Crippen LogP contribution in [0.3, 0.4) is 0 Å². The molecule has 2 saturated carbocycles. The number of nitrogens with one attached hydrogen (secondary N) is 1. The lowest BCUT2D eigenvalue weighted by atomic mass is 10.0. The Kier molecular flexibility index (Phi) is 2.67. The Bertz CT molecular complexity index is 280. The molecule has 1 amide bonds. The smallest absolute Gasteiger partial charge is 0.326 e. The summed E-state index contributed by atoms with van der Waals surface area (Å²) in [5.74, 6) is 0.885. The van der Waals surface area contributed by atoms with Crippen molar-refractivity contribution in [2.24, 2.45) is 17.8 Å². The number of rotatable bonds is 4. The van der Waals surface area contributed by atoms with Gasteiger partial charge in [0.15, 0.2) is 0 Å². The van der Waals surface area contributed by atoms with E-state index in [0.717, 1.165) is 11.8 Å². The van der Waals surface area contributed by atoms with Gasteiger partial charge in [0.05, 0.1) is 0 Å². The van der Waals surface area contributed by atoms with E-state index in [0.29, 0.717) is 12.3 Å². The summed E-state index contributed by atoms with van der Waals surface area (Å²) in [6, 6.07) is -0.682. The van der Waals surface area contributed by atoms with Crippen LogP contribution in [0.2, 0.25) is 0 Å². The molecular weight excluding hydrogens is 194 g/mol. The van der Waals surface area contributed by atoms with E-state index >= 15 is 0 Å². The average molecular weight is 211 g/mol. The molecule has 2 aliphatic carbocycles. The third-order valence-electron chi connectivity index (χ3n) is 3.77. The highest BCUT2D eigenvalue weighted by Crippen LogP contribution is 2.59. The molecule has 4 atom stereocenters. The molecule has 2 rings (SSSR count). The first-order chi connectivity index (χ1) is 7.09. The van der Waals surface area contributed by atoms with Crippen molar-refractivity contribution in [3.63, 3.8) is 0 Å². The Hall–Kier alpha value is -1.06. The number of amides is 1. The van der Waals surface area contributed by atoms with Crippen LogP contribution in [0.25, 0.3) is 0 Å². The topological polar surface area (TPSA) is 66.4 Å². The maximum atomic E-state index is 10.9. The summed E-state index contributed by atoms with van der Waals surface area (Å²) >= 11 is 0. The van der Waals surface area contributed by atoms with E-state index in [4.69, 9.17) is 5.11 Å². The summed E-state index contributed by atoms with van der Waals surface area (Å²) in [6.45, 7) is 1.36. The van der Waals surface area contributed by atoms with E-state index < -0.39 is 12.0 Å². The number of carbonyl (C=O) groups is 2. The minimum atomic E-state index is -0.907. The summed E-state index contributed by atoms with van der Waals surface area (Å²) in [5.41, 5.74) is 0. The summed E-state index contributed by atoms with van der Waals surface area (Å²) in [7, 11) is 0. The Labute approximate surface area is 89.0 Å². The van der Waals surface area contributed by atoms with Gasteiger partial charge in [-0.05, 0) is 37.0 Å². The van der Waals surface area contributed by atoms with Gasteiger partial charge in [0.2, 0.25) is 5.91 Å². The normalized spacial score (nSPS) is 34.3. The van der Waals surface area contributed by atoms with Crippen LogP contribution < -0.4 is 5.32 Å². The molecule has 15 heavy (non-hydrogen) atoms.